The van der Waals surface area contributed by atoms with Crippen LogP contribution in [-0.2, 0) is 17.8 Å². The van der Waals surface area contributed by atoms with Gasteiger partial charge >= 0.3 is 0 Å². The van der Waals surface area contributed by atoms with Gasteiger partial charge in [-0.15, -0.1) is 0 Å². The van der Waals surface area contributed by atoms with Gasteiger partial charge in [-0.1, -0.05) is 48.8 Å². The molecular formula is C16H22N4O2. The summed E-state index contributed by atoms with van der Waals surface area (Å²) in [5.74, 6) is 1.11. The Bertz CT molecular complexity index is 583. The van der Waals surface area contributed by atoms with Crippen molar-refractivity contribution in [2.24, 2.45) is 0 Å². The lowest BCUT2D eigenvalue weighted by Gasteiger charge is -2.16. The number of benzene rings is 1. The normalized spacial score (nSPS) is 12.1. The van der Waals surface area contributed by atoms with Gasteiger partial charge in [-0.25, -0.2) is 0 Å². The number of aromatic nitrogens is 2. The Morgan fingerprint density at radius 3 is 2.77 bits per heavy atom. The third-order valence-corrected chi connectivity index (χ3v) is 3.36. The van der Waals surface area contributed by atoms with Crippen molar-refractivity contribution < 1.29 is 9.32 Å². The van der Waals surface area contributed by atoms with Crippen LogP contribution in [0.3, 0.4) is 0 Å². The topological polar surface area (TPSA) is 80.0 Å². The van der Waals surface area contributed by atoms with Crippen molar-refractivity contribution >= 4 is 5.91 Å². The molecule has 2 rings (SSSR count). The number of hydrogen-bond donors (Lipinski definition) is 2. The first-order valence-electron chi connectivity index (χ1n) is 7.56. The van der Waals surface area contributed by atoms with Gasteiger partial charge in [0.25, 0.3) is 0 Å². The number of unbranched alkanes of at least 4 members (excludes halogenated alkanes) is 1. The number of hydrogen-bond acceptors (Lipinski definition) is 5. The average Bonchev–Trinajstić information content (AvgIpc) is 3.01. The van der Waals surface area contributed by atoms with Crippen LogP contribution in [-0.4, -0.2) is 23.1 Å². The smallest absolute Gasteiger partial charge is 0.241 e. The Kier molecular flexibility index (Phi) is 6.09. The van der Waals surface area contributed by atoms with Crippen molar-refractivity contribution in [3.05, 3.63) is 47.6 Å². The van der Waals surface area contributed by atoms with Gasteiger partial charge in [0.2, 0.25) is 11.8 Å². The van der Waals surface area contributed by atoms with Crippen molar-refractivity contribution in [2.45, 2.75) is 38.8 Å². The van der Waals surface area contributed by atoms with Gasteiger partial charge in [-0.2, -0.15) is 4.98 Å². The molecule has 0 saturated carbocycles. The summed E-state index contributed by atoms with van der Waals surface area (Å²) in [5, 5.41) is 9.77. The van der Waals surface area contributed by atoms with Crippen molar-refractivity contribution in [3.8, 4) is 0 Å². The van der Waals surface area contributed by atoms with Crippen molar-refractivity contribution in [1.29, 1.82) is 0 Å². The Balaban J connectivity index is 1.99. The first kappa shape index (κ1) is 16.2. The molecule has 1 aromatic heterocycles. The number of nitrogens with zero attached hydrogens (tertiary/aromatic N) is 2. The van der Waals surface area contributed by atoms with Crippen LogP contribution in [0, 0.1) is 0 Å². The molecule has 22 heavy (non-hydrogen) atoms. The van der Waals surface area contributed by atoms with Crippen LogP contribution in [0.1, 0.15) is 43.1 Å². The molecule has 0 fully saturated rings. The molecule has 0 aliphatic rings. The Morgan fingerprint density at radius 2 is 2.09 bits per heavy atom. The maximum Gasteiger partial charge on any atom is 0.241 e. The highest BCUT2D eigenvalue weighted by atomic mass is 16.5. The van der Waals surface area contributed by atoms with Crippen LogP contribution in [0.15, 0.2) is 34.9 Å². The lowest BCUT2D eigenvalue weighted by molar-refractivity contribution is -0.122. The van der Waals surface area contributed by atoms with Gasteiger partial charge in [-0.05, 0) is 12.0 Å². The average molecular weight is 302 g/mol. The number of carbonyl (C=O) groups is 1. The fourth-order valence-electron chi connectivity index (χ4n) is 2.14. The van der Waals surface area contributed by atoms with E-state index in [2.05, 4.69) is 27.7 Å². The van der Waals surface area contributed by atoms with E-state index in [1.807, 2.05) is 30.3 Å². The summed E-state index contributed by atoms with van der Waals surface area (Å²) in [5.41, 5.74) is 0.896. The minimum Gasteiger partial charge on any atom is -0.358 e. The van der Waals surface area contributed by atoms with Crippen molar-refractivity contribution in [2.75, 3.05) is 7.05 Å². The molecule has 0 aliphatic heterocycles. The zero-order chi connectivity index (χ0) is 15.8. The summed E-state index contributed by atoms with van der Waals surface area (Å²) in [6, 6.07) is 9.10. The summed E-state index contributed by atoms with van der Waals surface area (Å²) in [6.45, 7) is 2.47. The molecule has 118 valence electrons. The van der Waals surface area contributed by atoms with Gasteiger partial charge in [0, 0.05) is 13.5 Å². The summed E-state index contributed by atoms with van der Waals surface area (Å²) in [6.07, 6.45) is 2.95. The zero-order valence-electron chi connectivity index (χ0n) is 13.0. The van der Waals surface area contributed by atoms with E-state index in [4.69, 9.17) is 4.52 Å². The summed E-state index contributed by atoms with van der Waals surface area (Å²) in [7, 11) is 1.62. The maximum absolute atomic E-state index is 12.0. The highest BCUT2D eigenvalue weighted by Crippen LogP contribution is 2.13. The van der Waals surface area contributed by atoms with E-state index in [-0.39, 0.29) is 5.91 Å². The standard InChI is InChI=1S/C16H22N4O2/c1-3-4-10-13-19-14(22-20-13)11-18-15(16(21)17-2)12-8-6-5-7-9-12/h5-9,15,18H,3-4,10-11H2,1-2H3,(H,17,21)/t15-/m0/s1. The van der Waals surface area contributed by atoms with E-state index in [0.717, 1.165) is 30.7 Å². The molecule has 6 heteroatoms. The van der Waals surface area contributed by atoms with Crippen molar-refractivity contribution in [3.63, 3.8) is 0 Å². The quantitative estimate of drug-likeness (QED) is 0.779. The zero-order valence-corrected chi connectivity index (χ0v) is 13.0. The van der Waals surface area contributed by atoms with Crippen LogP contribution in [0.25, 0.3) is 0 Å². The van der Waals surface area contributed by atoms with E-state index in [9.17, 15) is 4.79 Å². The fourth-order valence-corrected chi connectivity index (χ4v) is 2.14. The molecule has 1 heterocycles. The van der Waals surface area contributed by atoms with E-state index in [1.54, 1.807) is 7.05 Å². The van der Waals surface area contributed by atoms with Gasteiger partial charge in [0.05, 0.1) is 6.54 Å². The second-order valence-corrected chi connectivity index (χ2v) is 5.05. The molecule has 2 aromatic rings. The number of amides is 1. The molecule has 1 aromatic carbocycles. The number of nitrogens with one attached hydrogen (secondary N) is 2. The van der Waals surface area contributed by atoms with Crippen LogP contribution in [0.5, 0.6) is 0 Å². The first-order valence-corrected chi connectivity index (χ1v) is 7.56. The van der Waals surface area contributed by atoms with E-state index in [0.29, 0.717) is 12.4 Å². The molecule has 0 radical (unpaired) electrons. The summed E-state index contributed by atoms with van der Waals surface area (Å²) < 4.78 is 5.21. The third-order valence-electron chi connectivity index (χ3n) is 3.36. The predicted molar refractivity (Wildman–Crippen MR) is 83.0 cm³/mol. The molecular weight excluding hydrogens is 280 g/mol. The first-order chi connectivity index (χ1) is 10.7. The number of rotatable bonds is 8. The molecule has 0 spiro atoms. The van der Waals surface area contributed by atoms with Crippen LogP contribution < -0.4 is 10.6 Å². The Hall–Kier alpha value is -2.21. The minimum atomic E-state index is -0.447. The molecule has 0 aliphatic carbocycles. The number of carbonyl (C=O) groups excluding carboxylic acids is 1. The van der Waals surface area contributed by atoms with Gasteiger partial charge in [0.1, 0.15) is 6.04 Å². The highest BCUT2D eigenvalue weighted by molar-refractivity contribution is 5.82. The second-order valence-electron chi connectivity index (χ2n) is 5.05. The van der Waals surface area contributed by atoms with E-state index >= 15 is 0 Å². The van der Waals surface area contributed by atoms with E-state index in [1.165, 1.54) is 0 Å². The summed E-state index contributed by atoms with van der Waals surface area (Å²) in [4.78, 5) is 16.4. The minimum absolute atomic E-state index is 0.100. The lowest BCUT2D eigenvalue weighted by atomic mass is 10.1. The molecule has 2 N–H and O–H groups in total. The summed E-state index contributed by atoms with van der Waals surface area (Å²) >= 11 is 0. The molecule has 1 amide bonds. The second kappa shape index (κ2) is 8.29. The maximum atomic E-state index is 12.0. The SMILES string of the molecule is CCCCc1noc(CN[C@H](C(=O)NC)c2ccccc2)n1. The molecule has 6 nitrogen and oxygen atoms in total. The predicted octanol–water partition coefficient (Wildman–Crippen LogP) is 1.99. The fraction of sp³-hybridized carbons (Fsp3) is 0.438. The van der Waals surface area contributed by atoms with Gasteiger partial charge in [-0.3, -0.25) is 10.1 Å². The number of aryl methyl sites for hydroxylation is 1. The van der Waals surface area contributed by atoms with Crippen LogP contribution in [0.2, 0.25) is 0 Å². The number of likely N-dealkylation sites (N-methyl/N-ethyl adjacent to an activating group) is 1. The van der Waals surface area contributed by atoms with Crippen LogP contribution >= 0.6 is 0 Å². The Labute approximate surface area is 130 Å². The largest absolute Gasteiger partial charge is 0.358 e. The van der Waals surface area contributed by atoms with Crippen molar-refractivity contribution in [1.82, 2.24) is 20.8 Å². The molecule has 0 unspecified atom stereocenters. The molecule has 0 bridgehead atoms. The molecule has 0 saturated heterocycles. The van der Waals surface area contributed by atoms with Gasteiger partial charge in [0.15, 0.2) is 5.82 Å². The monoisotopic (exact) mass is 302 g/mol. The Morgan fingerprint density at radius 1 is 1.32 bits per heavy atom. The van der Waals surface area contributed by atoms with Crippen LogP contribution in [0.4, 0.5) is 0 Å². The highest BCUT2D eigenvalue weighted by Gasteiger charge is 2.19. The lowest BCUT2D eigenvalue weighted by Crippen LogP contribution is -2.35. The molecule has 1 atom stereocenters. The van der Waals surface area contributed by atoms with E-state index < -0.39 is 6.04 Å². The van der Waals surface area contributed by atoms with Gasteiger partial charge < -0.3 is 9.84 Å². The third kappa shape index (κ3) is 4.39.